The molecule has 0 spiro atoms. The number of anilines is 1. The number of amidine groups is 2. The second-order valence-corrected chi connectivity index (χ2v) is 9.01. The Bertz CT molecular complexity index is 1260. The molecule has 2 saturated heterocycles. The second kappa shape index (κ2) is 9.64. The van der Waals surface area contributed by atoms with E-state index in [-0.39, 0.29) is 37.4 Å². The zero-order chi connectivity index (χ0) is 26.2. The number of halogens is 3. The molecule has 1 amide bonds. The highest BCUT2D eigenvalue weighted by Crippen LogP contribution is 2.37. The highest BCUT2D eigenvalue weighted by Gasteiger charge is 2.43. The number of ether oxygens (including phenoxy) is 1. The smallest absolute Gasteiger partial charge is 0.449 e. The Hall–Kier alpha value is -3.88. The Kier molecular flexibility index (Phi) is 6.75. The van der Waals surface area contributed by atoms with E-state index in [9.17, 15) is 23.2 Å². The molecule has 9 nitrogen and oxygen atoms in total. The molecule has 0 bridgehead atoms. The number of alkyl halides is 3. The second-order valence-electron chi connectivity index (χ2n) is 9.01. The molecule has 190 valence electrons. The lowest BCUT2D eigenvalue weighted by atomic mass is 9.85. The number of piperidine rings is 1. The van der Waals surface area contributed by atoms with Crippen molar-refractivity contribution in [1.82, 2.24) is 14.8 Å². The van der Waals surface area contributed by atoms with Gasteiger partial charge < -0.3 is 19.4 Å². The van der Waals surface area contributed by atoms with Gasteiger partial charge in [-0.05, 0) is 18.4 Å². The Morgan fingerprint density at radius 1 is 1.28 bits per heavy atom. The standard InChI is InChI=1S/C24H26F3N7O2/c1-14-12-32(21-15(10-28)11-31-20-17(21)4-3-5-18(20)36-2)7-6-16(14)22(35)33-8-9-34(19(29)13-33)23(30)24(25,26)27/h3-5,11,14,16,29-30H,6-9,12-13H2,1-2H3/t14-,16+/m1/s1. The van der Waals surface area contributed by atoms with E-state index < -0.39 is 17.8 Å². The summed E-state index contributed by atoms with van der Waals surface area (Å²) in [6, 6.07) is 7.72. The van der Waals surface area contributed by atoms with Gasteiger partial charge in [-0.3, -0.25) is 20.6 Å². The summed E-state index contributed by atoms with van der Waals surface area (Å²) < 4.78 is 44.1. The number of piperazine rings is 1. The van der Waals surface area contributed by atoms with Crippen molar-refractivity contribution in [3.05, 3.63) is 30.0 Å². The molecule has 2 aromatic rings. The molecule has 0 unspecified atom stereocenters. The zero-order valence-corrected chi connectivity index (χ0v) is 19.9. The fourth-order valence-electron chi connectivity index (χ4n) is 5.01. The van der Waals surface area contributed by atoms with E-state index in [1.54, 1.807) is 13.2 Å². The summed E-state index contributed by atoms with van der Waals surface area (Å²) in [6.45, 7) is 2.44. The van der Waals surface area contributed by atoms with Gasteiger partial charge in [0, 0.05) is 43.7 Å². The van der Waals surface area contributed by atoms with E-state index in [1.165, 1.54) is 11.1 Å². The molecule has 0 radical (unpaired) electrons. The van der Waals surface area contributed by atoms with Crippen molar-refractivity contribution in [2.75, 3.05) is 44.7 Å². The summed E-state index contributed by atoms with van der Waals surface area (Å²) >= 11 is 0. The highest BCUT2D eigenvalue weighted by atomic mass is 19.4. The first-order valence-corrected chi connectivity index (χ1v) is 11.5. The molecule has 2 atom stereocenters. The predicted octanol–water partition coefficient (Wildman–Crippen LogP) is 3.24. The number of nitrogens with one attached hydrogen (secondary N) is 2. The van der Waals surface area contributed by atoms with E-state index in [0.29, 0.717) is 41.2 Å². The molecule has 0 saturated carbocycles. The Labute approximate surface area is 206 Å². The molecule has 12 heteroatoms. The lowest BCUT2D eigenvalue weighted by Crippen LogP contribution is -2.58. The van der Waals surface area contributed by atoms with Crippen molar-refractivity contribution in [2.24, 2.45) is 11.8 Å². The topological polar surface area (TPSA) is 120 Å². The number of carbonyl (C=O) groups is 1. The maximum absolute atomic E-state index is 13.3. The van der Waals surface area contributed by atoms with Gasteiger partial charge in [0.2, 0.25) is 11.7 Å². The van der Waals surface area contributed by atoms with Gasteiger partial charge in [-0.15, -0.1) is 0 Å². The number of amides is 1. The van der Waals surface area contributed by atoms with Gasteiger partial charge >= 0.3 is 6.18 Å². The van der Waals surface area contributed by atoms with Crippen LogP contribution >= 0.6 is 0 Å². The van der Waals surface area contributed by atoms with Crippen molar-refractivity contribution in [2.45, 2.75) is 19.5 Å². The minimum absolute atomic E-state index is 0.0139. The molecule has 2 aliphatic rings. The molecule has 36 heavy (non-hydrogen) atoms. The number of nitriles is 1. The Morgan fingerprint density at radius 2 is 2.03 bits per heavy atom. The van der Waals surface area contributed by atoms with Gasteiger partial charge in [-0.25, -0.2) is 0 Å². The van der Waals surface area contributed by atoms with Crippen LogP contribution in [-0.4, -0.2) is 78.4 Å². The SMILES string of the molecule is COc1cccc2c(N3CC[C@H](C(=O)N4CCN(C(=N)C(F)(F)F)C(=N)C4)[C@H](C)C3)c(C#N)cnc12. The first-order valence-electron chi connectivity index (χ1n) is 11.5. The number of methoxy groups -OCH3 is 1. The third-order valence-electron chi connectivity index (χ3n) is 6.82. The number of nitrogens with zero attached hydrogens (tertiary/aromatic N) is 5. The number of carbonyl (C=O) groups excluding carboxylic acids is 1. The van der Waals surface area contributed by atoms with Gasteiger partial charge in [-0.2, -0.15) is 18.4 Å². The quantitative estimate of drug-likeness (QED) is 0.492. The van der Waals surface area contributed by atoms with Crippen LogP contribution in [0.5, 0.6) is 5.75 Å². The van der Waals surface area contributed by atoms with Crippen molar-refractivity contribution < 1.29 is 22.7 Å². The number of hydrogen-bond donors (Lipinski definition) is 2. The summed E-state index contributed by atoms with van der Waals surface area (Å²) in [6.07, 6.45) is -2.83. The summed E-state index contributed by atoms with van der Waals surface area (Å²) in [5.41, 5.74) is 1.80. The van der Waals surface area contributed by atoms with Gasteiger partial charge in [0.1, 0.15) is 23.2 Å². The highest BCUT2D eigenvalue weighted by molar-refractivity contribution is 6.03. The van der Waals surface area contributed by atoms with Gasteiger partial charge in [0.05, 0.1) is 24.9 Å². The molecule has 3 heterocycles. The average Bonchev–Trinajstić information content (AvgIpc) is 2.86. The molecule has 4 rings (SSSR count). The van der Waals surface area contributed by atoms with Crippen molar-refractivity contribution in [3.63, 3.8) is 0 Å². The summed E-state index contributed by atoms with van der Waals surface area (Å²) in [5, 5.41) is 25.8. The molecule has 2 aliphatic heterocycles. The van der Waals surface area contributed by atoms with Crippen LogP contribution in [0.4, 0.5) is 18.9 Å². The molecule has 1 aromatic carbocycles. The van der Waals surface area contributed by atoms with Crippen molar-refractivity contribution in [3.8, 4) is 11.8 Å². The number of pyridine rings is 1. The fraction of sp³-hybridized carbons (Fsp3) is 0.458. The number of rotatable bonds is 3. The van der Waals surface area contributed by atoms with Crippen molar-refractivity contribution in [1.29, 1.82) is 16.1 Å². The molecular weight excluding hydrogens is 475 g/mol. The first kappa shape index (κ1) is 25.2. The largest absolute Gasteiger partial charge is 0.494 e. The van der Waals surface area contributed by atoms with E-state index in [4.69, 9.17) is 15.6 Å². The third kappa shape index (κ3) is 4.53. The van der Waals surface area contributed by atoms with Crippen LogP contribution in [0, 0.1) is 34.0 Å². The third-order valence-corrected chi connectivity index (χ3v) is 6.82. The minimum Gasteiger partial charge on any atom is -0.494 e. The Balaban J connectivity index is 1.50. The van der Waals surface area contributed by atoms with Crippen LogP contribution in [0.15, 0.2) is 24.4 Å². The summed E-state index contributed by atoms with van der Waals surface area (Å²) in [5.74, 6) is -2.08. The van der Waals surface area contributed by atoms with Crippen LogP contribution in [0.2, 0.25) is 0 Å². The molecule has 2 fully saturated rings. The van der Waals surface area contributed by atoms with Gasteiger partial charge in [0.25, 0.3) is 0 Å². The van der Waals surface area contributed by atoms with Gasteiger partial charge in [0.15, 0.2) is 0 Å². The molecular formula is C24H26F3N7O2. The molecule has 2 N–H and O–H groups in total. The van der Waals surface area contributed by atoms with E-state index in [1.807, 2.05) is 19.1 Å². The Morgan fingerprint density at radius 3 is 2.64 bits per heavy atom. The van der Waals surface area contributed by atoms with E-state index in [2.05, 4.69) is 16.0 Å². The minimum atomic E-state index is -4.84. The number of para-hydroxylation sites is 1. The zero-order valence-electron chi connectivity index (χ0n) is 19.9. The lowest BCUT2D eigenvalue weighted by Gasteiger charge is -2.42. The average molecular weight is 502 g/mol. The van der Waals surface area contributed by atoms with Crippen LogP contribution in [0.25, 0.3) is 10.9 Å². The maximum Gasteiger partial charge on any atom is 0.449 e. The lowest BCUT2D eigenvalue weighted by molar-refractivity contribution is -0.137. The van der Waals surface area contributed by atoms with Crippen LogP contribution < -0.4 is 9.64 Å². The number of fused-ring (bicyclic) bond motifs is 1. The van der Waals surface area contributed by atoms with Gasteiger partial charge in [-0.1, -0.05) is 19.1 Å². The maximum atomic E-state index is 13.3. The van der Waals surface area contributed by atoms with E-state index >= 15 is 0 Å². The first-order chi connectivity index (χ1) is 17.1. The number of aromatic nitrogens is 1. The number of hydrogen-bond acceptors (Lipinski definition) is 7. The van der Waals surface area contributed by atoms with Crippen LogP contribution in [-0.2, 0) is 4.79 Å². The normalized spacial score (nSPS) is 20.9. The van der Waals surface area contributed by atoms with Crippen LogP contribution in [0.3, 0.4) is 0 Å². The fourth-order valence-corrected chi connectivity index (χ4v) is 5.01. The van der Waals surface area contributed by atoms with E-state index in [0.717, 1.165) is 11.1 Å². The van der Waals surface area contributed by atoms with Crippen molar-refractivity contribution >= 4 is 34.2 Å². The van der Waals surface area contributed by atoms with Crippen LogP contribution in [0.1, 0.15) is 18.9 Å². The summed E-state index contributed by atoms with van der Waals surface area (Å²) in [4.78, 5) is 21.8. The molecule has 0 aliphatic carbocycles. The predicted molar refractivity (Wildman–Crippen MR) is 127 cm³/mol. The monoisotopic (exact) mass is 501 g/mol. The number of benzene rings is 1. The molecule has 1 aromatic heterocycles. The summed E-state index contributed by atoms with van der Waals surface area (Å²) in [7, 11) is 1.55.